The van der Waals surface area contributed by atoms with Gasteiger partial charge in [0.2, 0.25) is 5.79 Å². The molecule has 0 radical (unpaired) electrons. The molecule has 212 valence electrons. The minimum absolute atomic E-state index is 0.127. The van der Waals surface area contributed by atoms with Gasteiger partial charge in [0.05, 0.1) is 6.10 Å². The van der Waals surface area contributed by atoms with Crippen LogP contribution in [0.5, 0.6) is 5.75 Å². The maximum absolute atomic E-state index is 13.8. The first-order valence-corrected chi connectivity index (χ1v) is 13.2. The fourth-order valence-electron chi connectivity index (χ4n) is 3.65. The number of methoxy groups -OCH3 is 1. The van der Waals surface area contributed by atoms with Crippen LogP contribution < -0.4 is 20.9 Å². The Hall–Kier alpha value is -3.49. The number of azide groups is 1. The van der Waals surface area contributed by atoms with Crippen molar-refractivity contribution in [2.24, 2.45) is 5.11 Å². The molecule has 16 nitrogen and oxygen atoms in total. The van der Waals surface area contributed by atoms with Crippen LogP contribution in [0.3, 0.4) is 0 Å². The molecule has 0 spiro atoms. The fraction of sp³-hybridized carbons (Fsp3) is 0.500. The number of nitrogens with zero attached hydrogens (tertiary/aromatic N) is 4. The number of aliphatic hydroxyl groups excluding tert-OH is 1. The van der Waals surface area contributed by atoms with Gasteiger partial charge in [-0.2, -0.15) is 5.09 Å². The Balaban J connectivity index is 1.92. The summed E-state index contributed by atoms with van der Waals surface area (Å²) in [5.41, 5.74) is 7.46. The lowest BCUT2D eigenvalue weighted by Crippen LogP contribution is -2.48. The molecular weight excluding hydrogens is 539 g/mol. The van der Waals surface area contributed by atoms with Crippen molar-refractivity contribution in [2.45, 2.75) is 57.1 Å². The standard InChI is InChI=1S/C22H29N6O10P/c1-13(2)36-20(31)14(3)26-39(33,38-15-8-6-5-7-9-15)35-12-22(34-4)18(30)17(25-27-23)19(37-22)28-11-10-16(29)24-21(28)32/h5-11,13-14,17-19,30H,12H2,1-4H3,(H,26,33)(H,24,29,32)/t14-,17-,18+,19-,22-,39-/m1/s1. The average molecular weight is 568 g/mol. The second-order valence-electron chi connectivity index (χ2n) is 8.69. The molecule has 2 aromatic rings. The molecule has 1 saturated heterocycles. The van der Waals surface area contributed by atoms with Crippen molar-refractivity contribution in [3.05, 3.63) is 73.9 Å². The molecule has 2 heterocycles. The van der Waals surface area contributed by atoms with Gasteiger partial charge in [-0.05, 0) is 38.4 Å². The molecule has 0 saturated carbocycles. The molecule has 1 aromatic carbocycles. The zero-order chi connectivity index (χ0) is 28.8. The summed E-state index contributed by atoms with van der Waals surface area (Å²) in [5.74, 6) is -2.75. The Morgan fingerprint density at radius 3 is 2.59 bits per heavy atom. The summed E-state index contributed by atoms with van der Waals surface area (Å²) < 4.78 is 42.2. The van der Waals surface area contributed by atoms with Gasteiger partial charge in [-0.3, -0.25) is 23.7 Å². The Labute approximate surface area is 222 Å². The number of aromatic nitrogens is 2. The van der Waals surface area contributed by atoms with Crippen molar-refractivity contribution in [1.82, 2.24) is 14.6 Å². The normalized spacial score (nSPS) is 24.9. The molecule has 0 amide bonds. The molecule has 39 heavy (non-hydrogen) atoms. The van der Waals surface area contributed by atoms with Crippen molar-refractivity contribution >= 4 is 13.7 Å². The van der Waals surface area contributed by atoms with E-state index in [-0.39, 0.29) is 5.75 Å². The van der Waals surface area contributed by atoms with Crippen molar-refractivity contribution in [2.75, 3.05) is 13.7 Å². The first-order valence-electron chi connectivity index (χ1n) is 11.7. The highest BCUT2D eigenvalue weighted by Crippen LogP contribution is 2.48. The molecule has 1 aliphatic rings. The van der Waals surface area contributed by atoms with Crippen molar-refractivity contribution in [1.29, 1.82) is 0 Å². The summed E-state index contributed by atoms with van der Waals surface area (Å²) in [7, 11) is -3.28. The van der Waals surface area contributed by atoms with Crippen molar-refractivity contribution in [3.63, 3.8) is 0 Å². The van der Waals surface area contributed by atoms with Crippen LogP contribution in [0.1, 0.15) is 27.0 Å². The van der Waals surface area contributed by atoms with Gasteiger partial charge in [0.25, 0.3) is 5.56 Å². The highest BCUT2D eigenvalue weighted by Gasteiger charge is 2.57. The minimum Gasteiger partial charge on any atom is -0.462 e. The maximum atomic E-state index is 13.8. The largest absolute Gasteiger partial charge is 0.462 e. The zero-order valence-corrected chi connectivity index (χ0v) is 22.4. The Morgan fingerprint density at radius 1 is 1.31 bits per heavy atom. The predicted octanol–water partition coefficient (Wildman–Crippen LogP) is 1.58. The number of aromatic amines is 1. The molecule has 3 rings (SSSR count). The summed E-state index contributed by atoms with van der Waals surface area (Å²) in [6, 6.07) is 6.36. The van der Waals surface area contributed by atoms with Gasteiger partial charge in [-0.15, -0.1) is 0 Å². The third-order valence-corrected chi connectivity index (χ3v) is 7.13. The summed E-state index contributed by atoms with van der Waals surface area (Å²) in [4.78, 5) is 41.0. The van der Waals surface area contributed by atoms with Crippen molar-refractivity contribution < 1.29 is 37.7 Å². The number of H-pyrrole nitrogens is 1. The SMILES string of the molecule is CO[C@]1(CO[P@](=O)(N[C@H](C)C(=O)OC(C)C)Oc2ccccc2)O[C@@H](n2ccc(=O)[nH]c2=O)[C@H](N=[N+]=[N-])[C@@H]1O. The van der Waals surface area contributed by atoms with Gasteiger partial charge >= 0.3 is 19.4 Å². The van der Waals surface area contributed by atoms with Crippen LogP contribution in [0.15, 0.2) is 57.3 Å². The molecule has 1 aromatic heterocycles. The molecule has 6 atom stereocenters. The van der Waals surface area contributed by atoms with Gasteiger partial charge in [-0.1, -0.05) is 23.3 Å². The Bertz CT molecular complexity index is 1360. The number of rotatable bonds is 12. The fourth-order valence-corrected chi connectivity index (χ4v) is 5.15. The number of nitrogens with one attached hydrogen (secondary N) is 2. The Kier molecular flexibility index (Phi) is 9.69. The highest BCUT2D eigenvalue weighted by atomic mass is 31.2. The molecule has 0 unspecified atom stereocenters. The van der Waals surface area contributed by atoms with Crippen LogP contribution in [0, 0.1) is 0 Å². The molecule has 0 aliphatic carbocycles. The topological polar surface area (TPSA) is 216 Å². The summed E-state index contributed by atoms with van der Waals surface area (Å²) in [6.07, 6.45) is -2.57. The summed E-state index contributed by atoms with van der Waals surface area (Å²) in [5, 5.41) is 17.1. The zero-order valence-electron chi connectivity index (χ0n) is 21.5. The average Bonchev–Trinajstić information content (AvgIpc) is 3.15. The molecule has 3 N–H and O–H groups in total. The first-order chi connectivity index (χ1) is 18.4. The summed E-state index contributed by atoms with van der Waals surface area (Å²) >= 11 is 0. The van der Waals surface area contributed by atoms with Crippen LogP contribution in [-0.4, -0.2) is 64.4 Å². The number of carbonyl (C=O) groups is 1. The van der Waals surface area contributed by atoms with E-state index < -0.39 is 67.9 Å². The number of aliphatic hydroxyl groups is 1. The number of hydrogen-bond donors (Lipinski definition) is 3. The van der Waals surface area contributed by atoms with Gasteiger partial charge < -0.3 is 23.8 Å². The van der Waals surface area contributed by atoms with E-state index in [1.807, 2.05) is 4.98 Å². The van der Waals surface area contributed by atoms with E-state index in [2.05, 4.69) is 15.1 Å². The van der Waals surface area contributed by atoms with Gasteiger partial charge in [-0.25, -0.2) is 9.36 Å². The summed E-state index contributed by atoms with van der Waals surface area (Å²) in [6.45, 7) is 3.89. The minimum atomic E-state index is -4.41. The maximum Gasteiger partial charge on any atom is 0.459 e. The molecule has 1 aliphatic heterocycles. The number of benzene rings is 1. The van der Waals surface area contributed by atoms with E-state index in [4.69, 9.17) is 28.8 Å². The van der Waals surface area contributed by atoms with Crippen LogP contribution in [0.2, 0.25) is 0 Å². The Morgan fingerprint density at radius 2 is 2.00 bits per heavy atom. The van der Waals surface area contributed by atoms with E-state index >= 15 is 0 Å². The van der Waals surface area contributed by atoms with E-state index in [1.54, 1.807) is 32.0 Å². The number of esters is 1. The monoisotopic (exact) mass is 568 g/mol. The highest BCUT2D eigenvalue weighted by molar-refractivity contribution is 7.52. The van der Waals surface area contributed by atoms with Crippen LogP contribution >= 0.6 is 7.75 Å². The van der Waals surface area contributed by atoms with E-state index in [0.29, 0.717) is 0 Å². The number of ether oxygens (including phenoxy) is 3. The second-order valence-corrected chi connectivity index (χ2v) is 10.4. The van der Waals surface area contributed by atoms with Crippen molar-refractivity contribution in [3.8, 4) is 5.75 Å². The first kappa shape index (κ1) is 30.1. The van der Waals surface area contributed by atoms with Crippen LogP contribution in [0.4, 0.5) is 0 Å². The molecule has 17 heteroatoms. The molecular formula is C22H29N6O10P. The molecule has 1 fully saturated rings. The number of carbonyl (C=O) groups excluding carboxylic acids is 1. The lowest BCUT2D eigenvalue weighted by atomic mass is 10.1. The van der Waals surface area contributed by atoms with Gasteiger partial charge in [0.15, 0.2) is 6.23 Å². The van der Waals surface area contributed by atoms with E-state index in [9.17, 15) is 24.1 Å². The second kappa shape index (κ2) is 12.6. The van der Waals surface area contributed by atoms with E-state index in [1.165, 1.54) is 19.1 Å². The van der Waals surface area contributed by atoms with Gasteiger partial charge in [0.1, 0.15) is 30.5 Å². The predicted molar refractivity (Wildman–Crippen MR) is 135 cm³/mol. The number of para-hydroxylation sites is 1. The third-order valence-electron chi connectivity index (χ3n) is 5.50. The smallest absolute Gasteiger partial charge is 0.459 e. The quantitative estimate of drug-likeness (QED) is 0.110. The molecule has 0 bridgehead atoms. The van der Waals surface area contributed by atoms with E-state index in [0.717, 1.165) is 23.9 Å². The number of hydrogen-bond acceptors (Lipinski definition) is 11. The van der Waals surface area contributed by atoms with Gasteiger partial charge in [0, 0.05) is 24.3 Å². The van der Waals surface area contributed by atoms with Crippen LogP contribution in [0.25, 0.3) is 10.4 Å². The van der Waals surface area contributed by atoms with Crippen LogP contribution in [-0.2, 0) is 28.1 Å². The third kappa shape index (κ3) is 7.13. The lowest BCUT2D eigenvalue weighted by Gasteiger charge is -2.32. The lowest BCUT2D eigenvalue weighted by molar-refractivity contribution is -0.266.